The molecule has 0 amide bonds. The Bertz CT molecular complexity index is 827. The number of halogens is 3. The zero-order valence-electron chi connectivity index (χ0n) is 11.6. The van der Waals surface area contributed by atoms with Gasteiger partial charge >= 0.3 is 0 Å². The van der Waals surface area contributed by atoms with E-state index in [0.29, 0.717) is 0 Å². The maximum atomic E-state index is 6.36. The highest BCUT2D eigenvalue weighted by Crippen LogP contribution is 2.31. The van der Waals surface area contributed by atoms with Crippen LogP contribution in [0.2, 0.25) is 0 Å². The van der Waals surface area contributed by atoms with Crippen LogP contribution in [0.4, 0.5) is 0 Å². The monoisotopic (exact) mass is 474 g/mol. The molecule has 3 rings (SSSR count). The van der Waals surface area contributed by atoms with Gasteiger partial charge in [-0.15, -0.1) is 11.6 Å². The standard InChI is InChI=1S/C16H13BrClIN2/c1-9-3-4-11(17)7-15(9)21-14-6-5-12(19)8-13(14)20-16(21)10(2)18/h3-8,10H,1-2H3. The fraction of sp³-hybridized carbons (Fsp3) is 0.188. The van der Waals surface area contributed by atoms with Crippen molar-refractivity contribution in [3.05, 3.63) is 55.8 Å². The van der Waals surface area contributed by atoms with Crippen molar-refractivity contribution in [2.45, 2.75) is 19.2 Å². The summed E-state index contributed by atoms with van der Waals surface area (Å²) in [5.74, 6) is 0.870. The zero-order chi connectivity index (χ0) is 15.1. The molecule has 5 heteroatoms. The number of aryl methyl sites for hydroxylation is 1. The average molecular weight is 476 g/mol. The van der Waals surface area contributed by atoms with Crippen molar-refractivity contribution < 1.29 is 0 Å². The van der Waals surface area contributed by atoms with Crippen LogP contribution in [0.3, 0.4) is 0 Å². The molecule has 0 saturated carbocycles. The summed E-state index contributed by atoms with van der Waals surface area (Å²) in [4.78, 5) is 4.73. The molecule has 3 aromatic rings. The van der Waals surface area contributed by atoms with Gasteiger partial charge in [-0.1, -0.05) is 22.0 Å². The second-order valence-electron chi connectivity index (χ2n) is 4.99. The van der Waals surface area contributed by atoms with Gasteiger partial charge in [0.25, 0.3) is 0 Å². The van der Waals surface area contributed by atoms with Crippen molar-refractivity contribution in [3.63, 3.8) is 0 Å². The summed E-state index contributed by atoms with van der Waals surface area (Å²) in [6.45, 7) is 4.06. The molecule has 0 aliphatic rings. The number of imidazole rings is 1. The van der Waals surface area contributed by atoms with Gasteiger partial charge in [0.1, 0.15) is 5.82 Å². The summed E-state index contributed by atoms with van der Waals surface area (Å²) in [7, 11) is 0. The van der Waals surface area contributed by atoms with Crippen LogP contribution in [-0.4, -0.2) is 9.55 Å². The predicted molar refractivity (Wildman–Crippen MR) is 100 cm³/mol. The molecule has 0 spiro atoms. The lowest BCUT2D eigenvalue weighted by molar-refractivity contribution is 0.878. The molecule has 1 atom stereocenters. The predicted octanol–water partition coefficient (Wildman–Crippen LogP) is 6.00. The number of rotatable bonds is 2. The average Bonchev–Trinajstić information content (AvgIpc) is 2.80. The third-order valence-corrected chi connectivity index (χ3v) is 4.77. The fourth-order valence-corrected chi connectivity index (χ4v) is 3.39. The third kappa shape index (κ3) is 2.85. The first kappa shape index (κ1) is 15.3. The van der Waals surface area contributed by atoms with Crippen molar-refractivity contribution in [2.75, 3.05) is 0 Å². The first-order chi connectivity index (χ1) is 9.97. The summed E-state index contributed by atoms with van der Waals surface area (Å²) in [6.07, 6.45) is 0. The van der Waals surface area contributed by atoms with Gasteiger partial charge in [-0.3, -0.25) is 4.57 Å². The Labute approximate surface area is 150 Å². The lowest BCUT2D eigenvalue weighted by Gasteiger charge is -2.13. The van der Waals surface area contributed by atoms with Crippen molar-refractivity contribution in [1.29, 1.82) is 0 Å². The SMILES string of the molecule is Cc1ccc(Br)cc1-n1c(C(C)Cl)nc2cc(I)ccc21. The Morgan fingerprint density at radius 3 is 2.71 bits per heavy atom. The largest absolute Gasteiger partial charge is 0.295 e. The molecule has 0 aliphatic carbocycles. The normalized spacial score (nSPS) is 12.8. The Morgan fingerprint density at radius 2 is 2.00 bits per heavy atom. The lowest BCUT2D eigenvalue weighted by atomic mass is 10.2. The zero-order valence-corrected chi connectivity index (χ0v) is 16.1. The van der Waals surface area contributed by atoms with Crippen molar-refractivity contribution in [2.24, 2.45) is 0 Å². The van der Waals surface area contributed by atoms with Gasteiger partial charge in [-0.25, -0.2) is 4.98 Å². The quantitative estimate of drug-likeness (QED) is 0.328. The molecule has 1 aromatic heterocycles. The number of fused-ring (bicyclic) bond motifs is 1. The Balaban J connectivity index is 2.39. The number of hydrogen-bond acceptors (Lipinski definition) is 1. The van der Waals surface area contributed by atoms with E-state index in [-0.39, 0.29) is 5.38 Å². The van der Waals surface area contributed by atoms with Crippen LogP contribution in [0.1, 0.15) is 23.7 Å². The summed E-state index contributed by atoms with van der Waals surface area (Å²) < 4.78 is 4.37. The van der Waals surface area contributed by atoms with Gasteiger partial charge < -0.3 is 0 Å². The number of benzene rings is 2. The molecule has 1 heterocycles. The first-order valence-electron chi connectivity index (χ1n) is 6.56. The van der Waals surface area contributed by atoms with Crippen molar-refractivity contribution in [1.82, 2.24) is 9.55 Å². The van der Waals surface area contributed by atoms with E-state index in [9.17, 15) is 0 Å². The second-order valence-corrected chi connectivity index (χ2v) is 7.80. The van der Waals surface area contributed by atoms with Crippen molar-refractivity contribution >= 4 is 61.2 Å². The fourth-order valence-electron chi connectivity index (χ4n) is 2.42. The molecule has 2 nitrogen and oxygen atoms in total. The number of aromatic nitrogens is 2. The Kier molecular flexibility index (Phi) is 4.30. The minimum Gasteiger partial charge on any atom is -0.295 e. The Morgan fingerprint density at radius 1 is 1.24 bits per heavy atom. The number of nitrogens with zero attached hydrogens (tertiary/aromatic N) is 2. The van der Waals surface area contributed by atoms with Crippen molar-refractivity contribution in [3.8, 4) is 5.69 Å². The minimum atomic E-state index is -0.159. The van der Waals surface area contributed by atoms with E-state index < -0.39 is 0 Å². The molecule has 108 valence electrons. The molecule has 0 bridgehead atoms. The van der Waals surface area contributed by atoms with E-state index in [1.807, 2.05) is 13.0 Å². The highest BCUT2D eigenvalue weighted by molar-refractivity contribution is 14.1. The van der Waals surface area contributed by atoms with Crippen LogP contribution in [0.5, 0.6) is 0 Å². The van der Waals surface area contributed by atoms with E-state index in [0.717, 1.165) is 27.0 Å². The molecular formula is C16H13BrClIN2. The minimum absolute atomic E-state index is 0.159. The van der Waals surface area contributed by atoms with E-state index in [1.54, 1.807) is 0 Å². The topological polar surface area (TPSA) is 17.8 Å². The number of alkyl halides is 1. The molecule has 1 unspecified atom stereocenters. The van der Waals surface area contributed by atoms with Gasteiger partial charge in [0, 0.05) is 8.04 Å². The van der Waals surface area contributed by atoms with Crippen LogP contribution in [0, 0.1) is 10.5 Å². The summed E-state index contributed by atoms with van der Waals surface area (Å²) in [5, 5.41) is -0.159. The first-order valence-corrected chi connectivity index (χ1v) is 8.86. The Hall–Kier alpha value is -0.590. The maximum Gasteiger partial charge on any atom is 0.132 e. The van der Waals surface area contributed by atoms with E-state index >= 15 is 0 Å². The van der Waals surface area contributed by atoms with Crippen LogP contribution >= 0.6 is 50.1 Å². The molecule has 2 aromatic carbocycles. The second kappa shape index (κ2) is 5.89. The third-order valence-electron chi connectivity index (χ3n) is 3.41. The van der Waals surface area contributed by atoms with Gasteiger partial charge in [0.2, 0.25) is 0 Å². The highest BCUT2D eigenvalue weighted by Gasteiger charge is 2.17. The number of hydrogen-bond donors (Lipinski definition) is 0. The van der Waals surface area contributed by atoms with Gasteiger partial charge in [-0.05, 0) is 72.3 Å². The van der Waals surface area contributed by atoms with Gasteiger partial charge in [0.15, 0.2) is 0 Å². The molecule has 0 N–H and O–H groups in total. The van der Waals surface area contributed by atoms with E-state index in [4.69, 9.17) is 16.6 Å². The maximum absolute atomic E-state index is 6.36. The van der Waals surface area contributed by atoms with Crippen LogP contribution in [0.15, 0.2) is 40.9 Å². The van der Waals surface area contributed by atoms with E-state index in [2.05, 4.69) is 80.3 Å². The molecular weight excluding hydrogens is 462 g/mol. The highest BCUT2D eigenvalue weighted by atomic mass is 127. The van der Waals surface area contributed by atoms with Gasteiger partial charge in [-0.2, -0.15) is 0 Å². The molecule has 0 radical (unpaired) electrons. The van der Waals surface area contributed by atoms with Gasteiger partial charge in [0.05, 0.1) is 22.1 Å². The molecule has 0 saturated heterocycles. The summed E-state index contributed by atoms with van der Waals surface area (Å²) in [5.41, 5.74) is 4.35. The van der Waals surface area contributed by atoms with Crippen LogP contribution in [-0.2, 0) is 0 Å². The van der Waals surface area contributed by atoms with Crippen LogP contribution in [0.25, 0.3) is 16.7 Å². The van der Waals surface area contributed by atoms with E-state index in [1.165, 1.54) is 9.13 Å². The molecule has 0 fully saturated rings. The van der Waals surface area contributed by atoms with Crippen LogP contribution < -0.4 is 0 Å². The smallest absolute Gasteiger partial charge is 0.132 e. The summed E-state index contributed by atoms with van der Waals surface area (Å²) in [6, 6.07) is 12.5. The molecule has 21 heavy (non-hydrogen) atoms. The molecule has 0 aliphatic heterocycles. The lowest BCUT2D eigenvalue weighted by Crippen LogP contribution is -2.03. The summed E-state index contributed by atoms with van der Waals surface area (Å²) >= 11 is 12.2.